The second-order valence-electron chi connectivity index (χ2n) is 5.44. The molecule has 0 amide bonds. The number of aromatic carboxylic acids is 1. The van der Waals surface area contributed by atoms with E-state index in [9.17, 15) is 9.90 Å². The SMILES string of the molecule is Cc1cc(N2CCCCCC2C)c(C(=O)O)c(C)n1. The van der Waals surface area contributed by atoms with Gasteiger partial charge in [-0.15, -0.1) is 0 Å². The lowest BCUT2D eigenvalue weighted by molar-refractivity contribution is 0.0696. The van der Waals surface area contributed by atoms with Crippen LogP contribution in [-0.4, -0.2) is 28.6 Å². The van der Waals surface area contributed by atoms with Crippen LogP contribution in [0.25, 0.3) is 0 Å². The third-order valence-corrected chi connectivity index (χ3v) is 3.88. The maximum atomic E-state index is 11.5. The summed E-state index contributed by atoms with van der Waals surface area (Å²) in [6.07, 6.45) is 4.71. The van der Waals surface area contributed by atoms with E-state index in [1.807, 2.05) is 13.0 Å². The molecule has 4 nitrogen and oxygen atoms in total. The summed E-state index contributed by atoms with van der Waals surface area (Å²) in [4.78, 5) is 18.1. The van der Waals surface area contributed by atoms with Crippen molar-refractivity contribution in [3.05, 3.63) is 23.0 Å². The Bertz CT molecular complexity index is 485. The van der Waals surface area contributed by atoms with Crippen molar-refractivity contribution in [1.82, 2.24) is 4.98 Å². The summed E-state index contributed by atoms with van der Waals surface area (Å²) in [5, 5.41) is 9.46. The maximum Gasteiger partial charge on any atom is 0.339 e. The number of hydrogen-bond acceptors (Lipinski definition) is 3. The Labute approximate surface area is 114 Å². The first-order valence-corrected chi connectivity index (χ1v) is 6.99. The molecule has 1 fully saturated rings. The molecule has 0 radical (unpaired) electrons. The largest absolute Gasteiger partial charge is 0.478 e. The Balaban J connectivity index is 2.49. The summed E-state index contributed by atoms with van der Waals surface area (Å²) in [7, 11) is 0. The molecular formula is C15H22N2O2. The molecule has 104 valence electrons. The fraction of sp³-hybridized carbons (Fsp3) is 0.600. The highest BCUT2D eigenvalue weighted by atomic mass is 16.4. The van der Waals surface area contributed by atoms with Crippen LogP contribution >= 0.6 is 0 Å². The molecule has 0 saturated carbocycles. The Hall–Kier alpha value is -1.58. The van der Waals surface area contributed by atoms with Gasteiger partial charge in [-0.3, -0.25) is 4.98 Å². The van der Waals surface area contributed by atoms with Crippen molar-refractivity contribution >= 4 is 11.7 Å². The van der Waals surface area contributed by atoms with Gasteiger partial charge < -0.3 is 10.0 Å². The lowest BCUT2D eigenvalue weighted by Gasteiger charge is -2.31. The number of carboxylic acids is 1. The first-order chi connectivity index (χ1) is 9.00. The summed E-state index contributed by atoms with van der Waals surface area (Å²) in [5.41, 5.74) is 2.69. The summed E-state index contributed by atoms with van der Waals surface area (Å²) in [6, 6.07) is 2.31. The van der Waals surface area contributed by atoms with Crippen LogP contribution in [-0.2, 0) is 0 Å². The normalized spacial score (nSPS) is 20.2. The molecule has 1 aliphatic rings. The van der Waals surface area contributed by atoms with Gasteiger partial charge in [0.15, 0.2) is 0 Å². The molecule has 1 saturated heterocycles. The fourth-order valence-electron chi connectivity index (χ4n) is 2.93. The van der Waals surface area contributed by atoms with Crippen molar-refractivity contribution in [1.29, 1.82) is 0 Å². The van der Waals surface area contributed by atoms with Crippen molar-refractivity contribution in [2.45, 2.75) is 52.5 Å². The Morgan fingerprint density at radius 3 is 2.79 bits per heavy atom. The number of nitrogens with zero attached hydrogens (tertiary/aromatic N) is 2. The number of aryl methyl sites for hydroxylation is 2. The van der Waals surface area contributed by atoms with E-state index >= 15 is 0 Å². The number of hydrogen-bond donors (Lipinski definition) is 1. The highest BCUT2D eigenvalue weighted by Crippen LogP contribution is 2.29. The topological polar surface area (TPSA) is 53.4 Å². The molecule has 1 N–H and O–H groups in total. The van der Waals surface area contributed by atoms with Gasteiger partial charge in [0.25, 0.3) is 0 Å². The molecule has 1 aromatic heterocycles. The van der Waals surface area contributed by atoms with Crippen molar-refractivity contribution in [3.8, 4) is 0 Å². The van der Waals surface area contributed by atoms with E-state index in [0.717, 1.165) is 30.8 Å². The van der Waals surface area contributed by atoms with Crippen molar-refractivity contribution in [2.75, 3.05) is 11.4 Å². The molecule has 1 atom stereocenters. The number of carboxylic acid groups (broad SMARTS) is 1. The van der Waals surface area contributed by atoms with E-state index in [4.69, 9.17) is 0 Å². The number of carbonyl (C=O) groups is 1. The Kier molecular flexibility index (Phi) is 4.08. The first kappa shape index (κ1) is 13.8. The third-order valence-electron chi connectivity index (χ3n) is 3.88. The molecule has 0 aliphatic carbocycles. The van der Waals surface area contributed by atoms with Gasteiger partial charge in [0.05, 0.1) is 11.4 Å². The number of aromatic nitrogens is 1. The minimum absolute atomic E-state index is 0.361. The van der Waals surface area contributed by atoms with Crippen LogP contribution in [0.3, 0.4) is 0 Å². The highest BCUT2D eigenvalue weighted by molar-refractivity contribution is 5.95. The van der Waals surface area contributed by atoms with Crippen molar-refractivity contribution < 1.29 is 9.90 Å². The predicted molar refractivity (Wildman–Crippen MR) is 75.9 cm³/mol. The lowest BCUT2D eigenvalue weighted by Crippen LogP contribution is -2.34. The molecule has 0 spiro atoms. The molecule has 1 unspecified atom stereocenters. The molecule has 4 heteroatoms. The van der Waals surface area contributed by atoms with E-state index in [1.165, 1.54) is 12.8 Å². The molecule has 0 bridgehead atoms. The van der Waals surface area contributed by atoms with E-state index in [-0.39, 0.29) is 0 Å². The Morgan fingerprint density at radius 2 is 2.11 bits per heavy atom. The summed E-state index contributed by atoms with van der Waals surface area (Å²) in [6.45, 7) is 6.82. The fourth-order valence-corrected chi connectivity index (χ4v) is 2.93. The van der Waals surface area contributed by atoms with Crippen LogP contribution in [0, 0.1) is 13.8 Å². The molecular weight excluding hydrogens is 240 g/mol. The molecule has 1 aliphatic heterocycles. The molecule has 0 aromatic carbocycles. The minimum Gasteiger partial charge on any atom is -0.478 e. The van der Waals surface area contributed by atoms with Crippen LogP contribution < -0.4 is 4.90 Å². The van der Waals surface area contributed by atoms with Crippen molar-refractivity contribution in [2.24, 2.45) is 0 Å². The highest BCUT2D eigenvalue weighted by Gasteiger charge is 2.24. The number of pyridine rings is 1. The second-order valence-corrected chi connectivity index (χ2v) is 5.44. The van der Waals surface area contributed by atoms with E-state index in [0.29, 0.717) is 17.3 Å². The molecule has 2 rings (SSSR count). The average molecular weight is 262 g/mol. The van der Waals surface area contributed by atoms with E-state index < -0.39 is 5.97 Å². The van der Waals surface area contributed by atoms with E-state index in [2.05, 4.69) is 16.8 Å². The van der Waals surface area contributed by atoms with Gasteiger partial charge >= 0.3 is 5.97 Å². The van der Waals surface area contributed by atoms with Gasteiger partial charge in [-0.1, -0.05) is 12.8 Å². The van der Waals surface area contributed by atoms with Gasteiger partial charge in [0.1, 0.15) is 5.56 Å². The van der Waals surface area contributed by atoms with Crippen LogP contribution in [0.4, 0.5) is 5.69 Å². The van der Waals surface area contributed by atoms with E-state index in [1.54, 1.807) is 6.92 Å². The van der Waals surface area contributed by atoms with Gasteiger partial charge in [0.2, 0.25) is 0 Å². The molecule has 19 heavy (non-hydrogen) atoms. The smallest absolute Gasteiger partial charge is 0.339 e. The zero-order valence-electron chi connectivity index (χ0n) is 11.9. The van der Waals surface area contributed by atoms with Gasteiger partial charge in [-0.05, 0) is 39.7 Å². The van der Waals surface area contributed by atoms with Crippen LogP contribution in [0.1, 0.15) is 54.4 Å². The van der Waals surface area contributed by atoms with Gasteiger partial charge in [-0.2, -0.15) is 0 Å². The summed E-state index contributed by atoms with van der Waals surface area (Å²) >= 11 is 0. The summed E-state index contributed by atoms with van der Waals surface area (Å²) < 4.78 is 0. The maximum absolute atomic E-state index is 11.5. The number of rotatable bonds is 2. The number of anilines is 1. The van der Waals surface area contributed by atoms with Crippen LogP contribution in [0.2, 0.25) is 0 Å². The van der Waals surface area contributed by atoms with Crippen LogP contribution in [0.5, 0.6) is 0 Å². The third kappa shape index (κ3) is 2.88. The minimum atomic E-state index is -0.878. The van der Waals surface area contributed by atoms with Gasteiger partial charge in [0, 0.05) is 18.3 Å². The predicted octanol–water partition coefficient (Wildman–Crippen LogP) is 3.17. The van der Waals surface area contributed by atoms with Gasteiger partial charge in [-0.25, -0.2) is 4.79 Å². The van der Waals surface area contributed by atoms with Crippen molar-refractivity contribution in [3.63, 3.8) is 0 Å². The lowest BCUT2D eigenvalue weighted by atomic mass is 10.1. The average Bonchev–Trinajstić information content (AvgIpc) is 2.52. The van der Waals surface area contributed by atoms with Crippen LogP contribution in [0.15, 0.2) is 6.07 Å². The standard InChI is InChI=1S/C15H22N2O2/c1-10-9-13(14(15(18)19)12(3)16-10)17-8-6-4-5-7-11(17)2/h9,11H,4-8H2,1-3H3,(H,18,19). The monoisotopic (exact) mass is 262 g/mol. The first-order valence-electron chi connectivity index (χ1n) is 6.99. The zero-order valence-corrected chi connectivity index (χ0v) is 11.9. The Morgan fingerprint density at radius 1 is 1.37 bits per heavy atom. The summed E-state index contributed by atoms with van der Waals surface area (Å²) in [5.74, 6) is -0.878. The molecule has 1 aromatic rings. The zero-order chi connectivity index (χ0) is 14.0. The second kappa shape index (κ2) is 5.59. The quantitative estimate of drug-likeness (QED) is 0.889. The molecule has 2 heterocycles.